The van der Waals surface area contributed by atoms with Crippen LogP contribution in [0.4, 0.5) is 0 Å². The molecule has 1 aliphatic carbocycles. The average molecular weight is 266 g/mol. The Morgan fingerprint density at radius 2 is 2.06 bits per heavy atom. The van der Waals surface area contributed by atoms with Crippen LogP contribution in [0.15, 0.2) is 23.1 Å². The van der Waals surface area contributed by atoms with Crippen LogP contribution in [0, 0.1) is 0 Å². The molecule has 0 spiro atoms. The van der Waals surface area contributed by atoms with Crippen LogP contribution >= 0.6 is 11.8 Å². The zero-order chi connectivity index (χ0) is 13.2. The van der Waals surface area contributed by atoms with E-state index in [1.807, 2.05) is 24.5 Å². The van der Waals surface area contributed by atoms with Gasteiger partial charge in [-0.15, -0.1) is 11.8 Å². The number of rotatable bonds is 4. The fourth-order valence-electron chi connectivity index (χ4n) is 2.84. The van der Waals surface area contributed by atoms with Crippen LogP contribution in [0.25, 0.3) is 0 Å². The highest BCUT2D eigenvalue weighted by Gasteiger charge is 2.44. The van der Waals surface area contributed by atoms with Crippen LogP contribution in [-0.2, 0) is 10.2 Å². The van der Waals surface area contributed by atoms with E-state index >= 15 is 0 Å². The maximum atomic E-state index is 11.7. The van der Waals surface area contributed by atoms with Crippen molar-refractivity contribution in [2.45, 2.75) is 36.0 Å². The second kappa shape index (κ2) is 5.22. The lowest BCUT2D eigenvalue weighted by atomic mass is 9.79. The first kappa shape index (κ1) is 13.3. The molecule has 1 saturated carbocycles. The molecule has 1 aliphatic rings. The van der Waals surface area contributed by atoms with Crippen molar-refractivity contribution in [3.63, 3.8) is 0 Å². The van der Waals surface area contributed by atoms with E-state index in [9.17, 15) is 9.90 Å². The van der Waals surface area contributed by atoms with Crippen molar-refractivity contribution >= 4 is 17.7 Å². The summed E-state index contributed by atoms with van der Waals surface area (Å²) in [5.74, 6) is 0.0658. The van der Waals surface area contributed by atoms with Gasteiger partial charge in [0.2, 0.25) is 0 Å². The van der Waals surface area contributed by atoms with E-state index in [4.69, 9.17) is 4.74 Å². The summed E-state index contributed by atoms with van der Waals surface area (Å²) in [6.07, 6.45) is 5.38. The number of benzene rings is 1. The first-order valence-electron chi connectivity index (χ1n) is 6.10. The Balaban J connectivity index is 2.58. The minimum Gasteiger partial charge on any atom is -0.496 e. The lowest BCUT2D eigenvalue weighted by molar-refractivity contribution is -0.143. The van der Waals surface area contributed by atoms with E-state index in [-0.39, 0.29) is 0 Å². The van der Waals surface area contributed by atoms with Crippen LogP contribution in [-0.4, -0.2) is 24.4 Å². The topological polar surface area (TPSA) is 46.5 Å². The SMILES string of the molecule is COc1cccc(C2(C(=O)O)CCCC2)c1SC. The van der Waals surface area contributed by atoms with E-state index in [2.05, 4.69) is 0 Å². The molecular weight excluding hydrogens is 248 g/mol. The Kier molecular flexibility index (Phi) is 3.85. The van der Waals surface area contributed by atoms with Gasteiger partial charge in [0, 0.05) is 0 Å². The van der Waals surface area contributed by atoms with E-state index in [0.29, 0.717) is 0 Å². The Morgan fingerprint density at radius 1 is 1.39 bits per heavy atom. The summed E-state index contributed by atoms with van der Waals surface area (Å²) in [5.41, 5.74) is 0.201. The Bertz CT molecular complexity index is 450. The Hall–Kier alpha value is -1.16. The van der Waals surface area contributed by atoms with Crippen LogP contribution in [0.5, 0.6) is 5.75 Å². The molecule has 0 saturated heterocycles. The standard InChI is InChI=1S/C14H18O3S/c1-17-11-7-5-6-10(12(11)18-2)14(13(15)16)8-3-4-9-14/h5-7H,3-4,8-9H2,1-2H3,(H,15,16). The van der Waals surface area contributed by atoms with Gasteiger partial charge in [0.05, 0.1) is 17.4 Å². The van der Waals surface area contributed by atoms with Crippen molar-refractivity contribution in [1.82, 2.24) is 0 Å². The quantitative estimate of drug-likeness (QED) is 0.849. The van der Waals surface area contributed by atoms with Gasteiger partial charge in [-0.25, -0.2) is 0 Å². The summed E-state index contributed by atoms with van der Waals surface area (Å²) in [4.78, 5) is 12.7. The van der Waals surface area contributed by atoms with Gasteiger partial charge in [0.15, 0.2) is 0 Å². The van der Waals surface area contributed by atoms with Gasteiger partial charge in [-0.3, -0.25) is 4.79 Å². The molecular formula is C14H18O3S. The predicted octanol–water partition coefficient (Wildman–Crippen LogP) is 3.31. The number of carboxylic acids is 1. The first-order valence-corrected chi connectivity index (χ1v) is 7.33. The molecule has 1 fully saturated rings. The fraction of sp³-hybridized carbons (Fsp3) is 0.500. The van der Waals surface area contributed by atoms with Crippen molar-refractivity contribution in [2.75, 3.05) is 13.4 Å². The van der Waals surface area contributed by atoms with Crippen molar-refractivity contribution in [3.8, 4) is 5.75 Å². The van der Waals surface area contributed by atoms with Gasteiger partial charge in [0.1, 0.15) is 5.75 Å². The highest BCUT2D eigenvalue weighted by atomic mass is 32.2. The Morgan fingerprint density at radius 3 is 2.56 bits per heavy atom. The molecule has 1 aromatic rings. The monoisotopic (exact) mass is 266 g/mol. The number of hydrogen-bond acceptors (Lipinski definition) is 3. The minimum atomic E-state index is -0.715. The van der Waals surface area contributed by atoms with E-state index in [1.54, 1.807) is 18.9 Å². The molecule has 0 atom stereocenters. The summed E-state index contributed by atoms with van der Waals surface area (Å²) in [5, 5.41) is 9.65. The summed E-state index contributed by atoms with van der Waals surface area (Å²) >= 11 is 1.56. The number of carboxylic acid groups (broad SMARTS) is 1. The third-order valence-corrected chi connectivity index (χ3v) is 4.61. The number of aliphatic carboxylic acids is 1. The van der Waals surface area contributed by atoms with Crippen molar-refractivity contribution in [1.29, 1.82) is 0 Å². The van der Waals surface area contributed by atoms with Gasteiger partial charge in [0.25, 0.3) is 0 Å². The molecule has 3 nitrogen and oxygen atoms in total. The molecule has 18 heavy (non-hydrogen) atoms. The predicted molar refractivity (Wildman–Crippen MR) is 72.6 cm³/mol. The molecule has 1 N–H and O–H groups in total. The molecule has 0 bridgehead atoms. The highest BCUT2D eigenvalue weighted by molar-refractivity contribution is 7.98. The normalized spacial score (nSPS) is 17.7. The fourth-order valence-corrected chi connectivity index (χ4v) is 3.68. The Labute approximate surface area is 112 Å². The maximum absolute atomic E-state index is 11.7. The van der Waals surface area contributed by atoms with Gasteiger partial charge in [-0.05, 0) is 30.7 Å². The molecule has 0 aromatic heterocycles. The zero-order valence-electron chi connectivity index (χ0n) is 10.7. The number of carbonyl (C=O) groups is 1. The molecule has 0 heterocycles. The summed E-state index contributed by atoms with van der Waals surface area (Å²) in [6.45, 7) is 0. The van der Waals surface area contributed by atoms with Gasteiger partial charge < -0.3 is 9.84 Å². The molecule has 4 heteroatoms. The second-order valence-corrected chi connectivity index (χ2v) is 5.45. The molecule has 98 valence electrons. The average Bonchev–Trinajstić information content (AvgIpc) is 2.88. The van der Waals surface area contributed by atoms with Crippen LogP contribution < -0.4 is 4.74 Å². The van der Waals surface area contributed by atoms with Gasteiger partial charge in [-0.2, -0.15) is 0 Å². The molecule has 2 rings (SSSR count). The third kappa shape index (κ3) is 1.99. The highest BCUT2D eigenvalue weighted by Crippen LogP contribution is 2.46. The van der Waals surface area contributed by atoms with Crippen LogP contribution in [0.3, 0.4) is 0 Å². The minimum absolute atomic E-state index is 0.705. The number of ether oxygens (including phenoxy) is 1. The third-order valence-electron chi connectivity index (χ3n) is 3.79. The largest absolute Gasteiger partial charge is 0.496 e. The van der Waals surface area contributed by atoms with E-state index in [0.717, 1.165) is 41.9 Å². The lowest BCUT2D eigenvalue weighted by Gasteiger charge is -2.27. The number of thioether (sulfide) groups is 1. The molecule has 0 amide bonds. The number of methoxy groups -OCH3 is 1. The van der Waals surface area contributed by atoms with Gasteiger partial charge in [-0.1, -0.05) is 25.0 Å². The molecule has 1 aromatic carbocycles. The van der Waals surface area contributed by atoms with Crippen LogP contribution in [0.1, 0.15) is 31.2 Å². The number of hydrogen-bond donors (Lipinski definition) is 1. The molecule has 0 unspecified atom stereocenters. The molecule has 0 radical (unpaired) electrons. The smallest absolute Gasteiger partial charge is 0.314 e. The van der Waals surface area contributed by atoms with Crippen molar-refractivity contribution < 1.29 is 14.6 Å². The van der Waals surface area contributed by atoms with E-state index in [1.165, 1.54) is 0 Å². The van der Waals surface area contributed by atoms with Gasteiger partial charge >= 0.3 is 5.97 Å². The summed E-state index contributed by atoms with van der Waals surface area (Å²) in [7, 11) is 1.63. The second-order valence-electron chi connectivity index (χ2n) is 4.64. The molecule has 0 aliphatic heterocycles. The lowest BCUT2D eigenvalue weighted by Crippen LogP contribution is -2.33. The van der Waals surface area contributed by atoms with E-state index < -0.39 is 11.4 Å². The van der Waals surface area contributed by atoms with Crippen molar-refractivity contribution in [2.24, 2.45) is 0 Å². The summed E-state index contributed by atoms with van der Waals surface area (Å²) < 4.78 is 5.35. The van der Waals surface area contributed by atoms with Crippen LogP contribution in [0.2, 0.25) is 0 Å². The maximum Gasteiger partial charge on any atom is 0.314 e. The zero-order valence-corrected chi connectivity index (χ0v) is 11.5. The summed E-state index contributed by atoms with van der Waals surface area (Å²) in [6, 6.07) is 5.71. The first-order chi connectivity index (χ1) is 8.65. The van der Waals surface area contributed by atoms with Crippen molar-refractivity contribution in [3.05, 3.63) is 23.8 Å².